The average molecular weight is 249 g/mol. The standard InChI is InChI=1S/C10H19NO4S/c1-8(2)5-6-16(14,15)11(7-10(12)13)9-3-4-9/h8-9H,3-7H2,1-2H3,(H,12,13). The van der Waals surface area contributed by atoms with E-state index in [1.807, 2.05) is 13.8 Å². The number of sulfonamides is 1. The Morgan fingerprint density at radius 3 is 2.38 bits per heavy atom. The van der Waals surface area contributed by atoms with Gasteiger partial charge in [0.2, 0.25) is 10.0 Å². The molecule has 1 rings (SSSR count). The van der Waals surface area contributed by atoms with Crippen LogP contribution in [0.15, 0.2) is 0 Å². The van der Waals surface area contributed by atoms with Crippen molar-refractivity contribution in [1.29, 1.82) is 0 Å². The molecule has 0 aromatic heterocycles. The highest BCUT2D eigenvalue weighted by Crippen LogP contribution is 2.29. The summed E-state index contributed by atoms with van der Waals surface area (Å²) in [5.74, 6) is -0.727. The first-order chi connectivity index (χ1) is 7.33. The number of hydrogen-bond acceptors (Lipinski definition) is 3. The van der Waals surface area contributed by atoms with Gasteiger partial charge in [-0.15, -0.1) is 0 Å². The van der Waals surface area contributed by atoms with Crippen molar-refractivity contribution in [2.75, 3.05) is 12.3 Å². The van der Waals surface area contributed by atoms with Crippen LogP contribution in [-0.4, -0.2) is 42.1 Å². The van der Waals surface area contributed by atoms with Crippen LogP contribution in [0.1, 0.15) is 33.1 Å². The molecule has 0 atom stereocenters. The summed E-state index contributed by atoms with van der Waals surface area (Å²) in [5.41, 5.74) is 0. The molecule has 16 heavy (non-hydrogen) atoms. The fraction of sp³-hybridized carbons (Fsp3) is 0.900. The molecule has 0 heterocycles. The van der Waals surface area contributed by atoms with Crippen molar-refractivity contribution in [1.82, 2.24) is 4.31 Å². The van der Waals surface area contributed by atoms with Crippen LogP contribution in [-0.2, 0) is 14.8 Å². The Morgan fingerprint density at radius 1 is 1.44 bits per heavy atom. The predicted molar refractivity (Wildman–Crippen MR) is 60.6 cm³/mol. The zero-order valence-corrected chi connectivity index (χ0v) is 10.5. The monoisotopic (exact) mass is 249 g/mol. The molecule has 1 aliphatic carbocycles. The van der Waals surface area contributed by atoms with Crippen molar-refractivity contribution in [3.63, 3.8) is 0 Å². The van der Waals surface area contributed by atoms with Gasteiger partial charge in [-0.25, -0.2) is 8.42 Å². The lowest BCUT2D eigenvalue weighted by Gasteiger charge is -2.20. The highest BCUT2D eigenvalue weighted by Gasteiger charge is 2.38. The molecular formula is C10H19NO4S. The summed E-state index contributed by atoms with van der Waals surface area (Å²) in [7, 11) is -3.40. The van der Waals surface area contributed by atoms with E-state index in [-0.39, 0.29) is 11.8 Å². The van der Waals surface area contributed by atoms with Crippen LogP contribution in [0.3, 0.4) is 0 Å². The quantitative estimate of drug-likeness (QED) is 0.727. The van der Waals surface area contributed by atoms with Gasteiger partial charge in [0.15, 0.2) is 0 Å². The van der Waals surface area contributed by atoms with Gasteiger partial charge >= 0.3 is 5.97 Å². The van der Waals surface area contributed by atoms with Gasteiger partial charge in [-0.1, -0.05) is 13.8 Å². The lowest BCUT2D eigenvalue weighted by atomic mass is 10.2. The Bertz CT molecular complexity index is 346. The minimum atomic E-state index is -3.40. The first-order valence-corrected chi connectivity index (χ1v) is 7.15. The largest absolute Gasteiger partial charge is 0.480 e. The Kier molecular flexibility index (Phi) is 4.32. The van der Waals surface area contributed by atoms with Gasteiger partial charge in [-0.3, -0.25) is 4.79 Å². The fourth-order valence-corrected chi connectivity index (χ4v) is 3.43. The van der Waals surface area contributed by atoms with Gasteiger partial charge in [0.25, 0.3) is 0 Å². The van der Waals surface area contributed by atoms with Crippen molar-refractivity contribution in [3.8, 4) is 0 Å². The summed E-state index contributed by atoms with van der Waals surface area (Å²) >= 11 is 0. The molecule has 0 aromatic carbocycles. The van der Waals surface area contributed by atoms with E-state index in [0.717, 1.165) is 17.1 Å². The van der Waals surface area contributed by atoms with Crippen LogP contribution < -0.4 is 0 Å². The van der Waals surface area contributed by atoms with E-state index < -0.39 is 22.5 Å². The summed E-state index contributed by atoms with van der Waals surface area (Å²) in [6.07, 6.45) is 2.15. The molecule has 1 N–H and O–H groups in total. The highest BCUT2D eigenvalue weighted by atomic mass is 32.2. The van der Waals surface area contributed by atoms with Crippen LogP contribution >= 0.6 is 0 Å². The van der Waals surface area contributed by atoms with Gasteiger partial charge in [0.05, 0.1) is 5.75 Å². The first-order valence-electron chi connectivity index (χ1n) is 5.54. The number of carboxylic acid groups (broad SMARTS) is 1. The second-order valence-corrected chi connectivity index (χ2v) is 6.71. The predicted octanol–water partition coefficient (Wildman–Crippen LogP) is 0.911. The normalized spacial score (nSPS) is 17.0. The number of carboxylic acids is 1. The summed E-state index contributed by atoms with van der Waals surface area (Å²) in [6, 6.07) is -0.0757. The first kappa shape index (κ1) is 13.4. The summed E-state index contributed by atoms with van der Waals surface area (Å²) in [6.45, 7) is 3.51. The second kappa shape index (κ2) is 5.14. The zero-order chi connectivity index (χ0) is 12.3. The molecule has 0 saturated heterocycles. The average Bonchev–Trinajstić information content (AvgIpc) is 2.94. The van der Waals surface area contributed by atoms with Crippen LogP contribution in [0.5, 0.6) is 0 Å². The molecule has 0 aliphatic heterocycles. The van der Waals surface area contributed by atoms with E-state index >= 15 is 0 Å². The third-order valence-corrected chi connectivity index (χ3v) is 4.45. The van der Waals surface area contributed by atoms with Crippen molar-refractivity contribution >= 4 is 16.0 Å². The van der Waals surface area contributed by atoms with Crippen LogP contribution in [0.2, 0.25) is 0 Å². The number of aliphatic carboxylic acids is 1. The minimum Gasteiger partial charge on any atom is -0.480 e. The second-order valence-electron chi connectivity index (χ2n) is 4.67. The van der Waals surface area contributed by atoms with E-state index in [0.29, 0.717) is 12.3 Å². The molecule has 0 aromatic rings. The molecular weight excluding hydrogens is 230 g/mol. The Labute approximate surface area is 96.5 Å². The van der Waals surface area contributed by atoms with Gasteiger partial charge < -0.3 is 5.11 Å². The lowest BCUT2D eigenvalue weighted by Crippen LogP contribution is -2.39. The van der Waals surface area contributed by atoms with Crippen molar-refractivity contribution in [2.24, 2.45) is 5.92 Å². The SMILES string of the molecule is CC(C)CCS(=O)(=O)N(CC(=O)O)C1CC1. The van der Waals surface area contributed by atoms with Crippen molar-refractivity contribution in [3.05, 3.63) is 0 Å². The van der Waals surface area contributed by atoms with Gasteiger partial charge in [-0.05, 0) is 25.2 Å². The number of rotatable bonds is 7. The molecule has 1 fully saturated rings. The topological polar surface area (TPSA) is 74.7 Å². The Balaban J connectivity index is 2.64. The third-order valence-electron chi connectivity index (χ3n) is 2.56. The maximum Gasteiger partial charge on any atom is 0.318 e. The van der Waals surface area contributed by atoms with Gasteiger partial charge in [0, 0.05) is 6.04 Å². The fourth-order valence-electron chi connectivity index (χ4n) is 1.45. The number of nitrogens with zero attached hydrogens (tertiary/aromatic N) is 1. The molecule has 0 spiro atoms. The third kappa shape index (κ3) is 4.09. The molecule has 1 saturated carbocycles. The molecule has 0 radical (unpaired) electrons. The molecule has 94 valence electrons. The molecule has 6 heteroatoms. The lowest BCUT2D eigenvalue weighted by molar-refractivity contribution is -0.137. The van der Waals surface area contributed by atoms with E-state index in [1.54, 1.807) is 0 Å². The van der Waals surface area contributed by atoms with Crippen LogP contribution in [0.25, 0.3) is 0 Å². The molecule has 0 bridgehead atoms. The van der Waals surface area contributed by atoms with Crippen molar-refractivity contribution in [2.45, 2.75) is 39.2 Å². The maximum atomic E-state index is 11.9. The van der Waals surface area contributed by atoms with Gasteiger partial charge in [-0.2, -0.15) is 4.31 Å². The van der Waals surface area contributed by atoms with E-state index in [4.69, 9.17) is 5.11 Å². The highest BCUT2D eigenvalue weighted by molar-refractivity contribution is 7.89. The molecule has 0 amide bonds. The zero-order valence-electron chi connectivity index (χ0n) is 9.72. The van der Waals surface area contributed by atoms with Crippen LogP contribution in [0.4, 0.5) is 0 Å². The van der Waals surface area contributed by atoms with E-state index in [9.17, 15) is 13.2 Å². The number of hydrogen-bond donors (Lipinski definition) is 1. The molecule has 0 unspecified atom stereocenters. The summed E-state index contributed by atoms with van der Waals surface area (Å²) in [4.78, 5) is 10.6. The number of carbonyl (C=O) groups is 1. The Morgan fingerprint density at radius 2 is 2.00 bits per heavy atom. The summed E-state index contributed by atoms with van der Waals surface area (Å²) in [5, 5.41) is 8.70. The van der Waals surface area contributed by atoms with E-state index in [2.05, 4.69) is 0 Å². The summed E-state index contributed by atoms with van der Waals surface area (Å²) < 4.78 is 25.0. The minimum absolute atomic E-state index is 0.0500. The van der Waals surface area contributed by atoms with Crippen LogP contribution in [0, 0.1) is 5.92 Å². The smallest absolute Gasteiger partial charge is 0.318 e. The van der Waals surface area contributed by atoms with Gasteiger partial charge in [0.1, 0.15) is 6.54 Å². The van der Waals surface area contributed by atoms with Crippen molar-refractivity contribution < 1.29 is 18.3 Å². The van der Waals surface area contributed by atoms with E-state index in [1.165, 1.54) is 0 Å². The molecule has 1 aliphatic rings. The molecule has 5 nitrogen and oxygen atoms in total. The maximum absolute atomic E-state index is 11.9. The Hall–Kier alpha value is -0.620.